The Morgan fingerprint density at radius 1 is 1.50 bits per heavy atom. The molecule has 0 fully saturated rings. The van der Waals surface area contributed by atoms with Crippen LogP contribution < -0.4 is 0 Å². The van der Waals surface area contributed by atoms with Crippen molar-refractivity contribution in [1.29, 1.82) is 0 Å². The van der Waals surface area contributed by atoms with Crippen LogP contribution in [-0.2, 0) is 16.1 Å². The van der Waals surface area contributed by atoms with Crippen LogP contribution in [-0.4, -0.2) is 35.5 Å². The lowest BCUT2D eigenvalue weighted by Gasteiger charge is -2.20. The van der Waals surface area contributed by atoms with Crippen molar-refractivity contribution >= 4 is 17.6 Å². The van der Waals surface area contributed by atoms with E-state index in [1.54, 1.807) is 6.20 Å². The molecule has 100 valence electrons. The van der Waals surface area contributed by atoms with Crippen molar-refractivity contribution in [2.45, 2.75) is 26.8 Å². The lowest BCUT2D eigenvalue weighted by molar-refractivity contribution is -0.144. The first-order valence-corrected chi connectivity index (χ1v) is 6.52. The van der Waals surface area contributed by atoms with E-state index in [9.17, 15) is 4.79 Å². The van der Waals surface area contributed by atoms with Crippen molar-refractivity contribution in [3.63, 3.8) is 0 Å². The Hall–Kier alpha value is -1.13. The molecule has 0 aliphatic carbocycles. The Morgan fingerprint density at radius 2 is 2.28 bits per heavy atom. The zero-order valence-corrected chi connectivity index (χ0v) is 11.6. The number of aromatic nitrogens is 1. The molecular formula is C13H19ClN2O2. The first-order chi connectivity index (χ1) is 8.65. The van der Waals surface area contributed by atoms with Gasteiger partial charge in [0.05, 0.1) is 13.2 Å². The van der Waals surface area contributed by atoms with Crippen molar-refractivity contribution in [3.05, 3.63) is 29.0 Å². The van der Waals surface area contributed by atoms with Crippen LogP contribution in [0.25, 0.3) is 0 Å². The number of hydrogen-bond donors (Lipinski definition) is 0. The van der Waals surface area contributed by atoms with Crippen LogP contribution in [0, 0.1) is 0 Å². The third-order valence-corrected chi connectivity index (χ3v) is 2.60. The number of hydrogen-bond acceptors (Lipinski definition) is 4. The molecule has 0 amide bonds. The summed E-state index contributed by atoms with van der Waals surface area (Å²) in [5, 5.41) is 0.472. The van der Waals surface area contributed by atoms with Crippen LogP contribution >= 0.6 is 11.6 Å². The zero-order valence-electron chi connectivity index (χ0n) is 10.9. The standard InChI is InChI=1S/C13H19ClN2O2/c1-3-7-16(10-13(17)18-4-2)9-11-5-6-15-12(14)8-11/h5-6,8H,3-4,7,9-10H2,1-2H3. The predicted molar refractivity (Wildman–Crippen MR) is 71.4 cm³/mol. The topological polar surface area (TPSA) is 42.4 Å². The molecular weight excluding hydrogens is 252 g/mol. The number of esters is 1. The predicted octanol–water partition coefficient (Wildman–Crippen LogP) is 2.51. The van der Waals surface area contributed by atoms with E-state index in [-0.39, 0.29) is 5.97 Å². The van der Waals surface area contributed by atoms with Crippen LogP contribution in [0.3, 0.4) is 0 Å². The fourth-order valence-corrected chi connectivity index (χ4v) is 1.92. The van der Waals surface area contributed by atoms with Gasteiger partial charge in [0.1, 0.15) is 5.15 Å². The first kappa shape index (κ1) is 14.9. The second kappa shape index (κ2) is 8.06. The number of carbonyl (C=O) groups is 1. The molecule has 0 N–H and O–H groups in total. The molecule has 0 bridgehead atoms. The molecule has 18 heavy (non-hydrogen) atoms. The second-order valence-electron chi connectivity index (χ2n) is 4.00. The van der Waals surface area contributed by atoms with Gasteiger partial charge in [0.2, 0.25) is 0 Å². The number of rotatable bonds is 7. The maximum absolute atomic E-state index is 11.5. The monoisotopic (exact) mass is 270 g/mol. The van der Waals surface area contributed by atoms with Gasteiger partial charge in [-0.2, -0.15) is 0 Å². The van der Waals surface area contributed by atoms with Gasteiger partial charge in [0, 0.05) is 12.7 Å². The molecule has 0 radical (unpaired) electrons. The van der Waals surface area contributed by atoms with E-state index < -0.39 is 0 Å². The van der Waals surface area contributed by atoms with Crippen molar-refractivity contribution in [2.24, 2.45) is 0 Å². The van der Waals surface area contributed by atoms with Crippen LogP contribution in [0.2, 0.25) is 5.15 Å². The van der Waals surface area contributed by atoms with Crippen LogP contribution in [0.15, 0.2) is 18.3 Å². The normalized spacial score (nSPS) is 10.7. The number of pyridine rings is 1. The highest BCUT2D eigenvalue weighted by Gasteiger charge is 2.11. The fraction of sp³-hybridized carbons (Fsp3) is 0.538. The summed E-state index contributed by atoms with van der Waals surface area (Å²) < 4.78 is 4.96. The van der Waals surface area contributed by atoms with Crippen molar-refractivity contribution in [1.82, 2.24) is 9.88 Å². The van der Waals surface area contributed by atoms with Gasteiger partial charge in [-0.15, -0.1) is 0 Å². The molecule has 5 heteroatoms. The van der Waals surface area contributed by atoms with Crippen molar-refractivity contribution in [2.75, 3.05) is 19.7 Å². The SMILES string of the molecule is CCCN(CC(=O)OCC)Cc1ccnc(Cl)c1. The Balaban J connectivity index is 2.59. The smallest absolute Gasteiger partial charge is 0.320 e. The summed E-state index contributed by atoms with van der Waals surface area (Å²) in [6.45, 7) is 6.14. The van der Waals surface area contributed by atoms with Gasteiger partial charge < -0.3 is 4.74 Å². The quantitative estimate of drug-likeness (QED) is 0.564. The molecule has 0 saturated heterocycles. The van der Waals surface area contributed by atoms with E-state index in [2.05, 4.69) is 11.9 Å². The maximum Gasteiger partial charge on any atom is 0.320 e. The van der Waals surface area contributed by atoms with E-state index in [4.69, 9.17) is 16.3 Å². The largest absolute Gasteiger partial charge is 0.465 e. The van der Waals surface area contributed by atoms with E-state index >= 15 is 0 Å². The highest BCUT2D eigenvalue weighted by Crippen LogP contribution is 2.10. The van der Waals surface area contributed by atoms with Crippen LogP contribution in [0.4, 0.5) is 0 Å². The van der Waals surface area contributed by atoms with E-state index in [0.29, 0.717) is 24.8 Å². The average Bonchev–Trinajstić information content (AvgIpc) is 2.29. The van der Waals surface area contributed by atoms with Gasteiger partial charge in [-0.3, -0.25) is 9.69 Å². The van der Waals surface area contributed by atoms with E-state index in [1.165, 1.54) is 0 Å². The number of halogens is 1. The minimum absolute atomic E-state index is 0.189. The Kier molecular flexibility index (Phi) is 6.68. The van der Waals surface area contributed by atoms with Crippen molar-refractivity contribution in [3.8, 4) is 0 Å². The second-order valence-corrected chi connectivity index (χ2v) is 4.39. The summed E-state index contributed by atoms with van der Waals surface area (Å²) in [6, 6.07) is 3.72. The van der Waals surface area contributed by atoms with Gasteiger partial charge in [0.15, 0.2) is 0 Å². The molecule has 1 heterocycles. The molecule has 1 rings (SSSR count). The van der Waals surface area contributed by atoms with E-state index in [1.807, 2.05) is 24.0 Å². The van der Waals surface area contributed by atoms with Gasteiger partial charge in [-0.25, -0.2) is 4.98 Å². The molecule has 4 nitrogen and oxygen atoms in total. The lowest BCUT2D eigenvalue weighted by Crippen LogP contribution is -2.31. The third kappa shape index (κ3) is 5.47. The van der Waals surface area contributed by atoms with Crippen LogP contribution in [0.5, 0.6) is 0 Å². The Labute approximate surface area is 113 Å². The van der Waals surface area contributed by atoms with Crippen molar-refractivity contribution < 1.29 is 9.53 Å². The van der Waals surface area contributed by atoms with Gasteiger partial charge >= 0.3 is 5.97 Å². The molecule has 1 aromatic rings. The summed E-state index contributed by atoms with van der Waals surface area (Å²) in [4.78, 5) is 17.5. The summed E-state index contributed by atoms with van der Waals surface area (Å²) in [5.74, 6) is -0.189. The summed E-state index contributed by atoms with van der Waals surface area (Å²) in [5.41, 5.74) is 1.05. The average molecular weight is 271 g/mol. The molecule has 0 saturated carbocycles. The zero-order chi connectivity index (χ0) is 13.4. The lowest BCUT2D eigenvalue weighted by atomic mass is 10.2. The van der Waals surface area contributed by atoms with Gasteiger partial charge in [-0.1, -0.05) is 18.5 Å². The highest BCUT2D eigenvalue weighted by molar-refractivity contribution is 6.29. The Morgan fingerprint density at radius 3 is 2.89 bits per heavy atom. The highest BCUT2D eigenvalue weighted by atomic mass is 35.5. The summed E-state index contributed by atoms with van der Waals surface area (Å²) >= 11 is 5.84. The molecule has 1 aromatic heterocycles. The van der Waals surface area contributed by atoms with Gasteiger partial charge in [0.25, 0.3) is 0 Å². The molecule has 0 unspecified atom stereocenters. The molecule has 0 spiro atoms. The third-order valence-electron chi connectivity index (χ3n) is 2.40. The molecule has 0 aromatic carbocycles. The molecule has 0 aliphatic rings. The molecule has 0 aliphatic heterocycles. The summed E-state index contributed by atoms with van der Waals surface area (Å²) in [7, 11) is 0. The first-order valence-electron chi connectivity index (χ1n) is 6.14. The minimum Gasteiger partial charge on any atom is -0.465 e. The fourth-order valence-electron chi connectivity index (χ4n) is 1.72. The number of ether oxygens (including phenoxy) is 1. The maximum atomic E-state index is 11.5. The Bertz CT molecular complexity index is 385. The number of nitrogens with zero attached hydrogens (tertiary/aromatic N) is 2. The van der Waals surface area contributed by atoms with Gasteiger partial charge in [-0.05, 0) is 37.6 Å². The molecule has 0 atom stereocenters. The summed E-state index contributed by atoms with van der Waals surface area (Å²) in [6.07, 6.45) is 2.66. The van der Waals surface area contributed by atoms with Crippen LogP contribution in [0.1, 0.15) is 25.8 Å². The number of carbonyl (C=O) groups excluding carboxylic acids is 1. The minimum atomic E-state index is -0.189. The van der Waals surface area contributed by atoms with E-state index in [0.717, 1.165) is 18.5 Å².